The number of rotatable bonds is 6. The van der Waals surface area contributed by atoms with E-state index in [-0.39, 0.29) is 0 Å². The van der Waals surface area contributed by atoms with Gasteiger partial charge in [0.15, 0.2) is 0 Å². The zero-order chi connectivity index (χ0) is 12.2. The van der Waals surface area contributed by atoms with Crippen molar-refractivity contribution in [1.82, 2.24) is 4.90 Å². The van der Waals surface area contributed by atoms with Crippen molar-refractivity contribution >= 4 is 0 Å². The van der Waals surface area contributed by atoms with Gasteiger partial charge in [-0.1, -0.05) is 30.3 Å². The summed E-state index contributed by atoms with van der Waals surface area (Å²) >= 11 is 0. The molecule has 1 heterocycles. The molecule has 0 amide bonds. The Morgan fingerprint density at radius 3 is 2.61 bits per heavy atom. The normalized spacial score (nSPS) is 23.7. The second-order valence-electron chi connectivity index (χ2n) is 5.69. The van der Waals surface area contributed by atoms with Gasteiger partial charge in [0, 0.05) is 25.7 Å². The summed E-state index contributed by atoms with van der Waals surface area (Å²) in [6.45, 7) is 4.42. The fraction of sp³-hybridized carbons (Fsp3) is 0.625. The Hall–Kier alpha value is -0.860. The Morgan fingerprint density at radius 2 is 1.94 bits per heavy atom. The number of ether oxygens (including phenoxy) is 1. The Labute approximate surface area is 110 Å². The first-order valence-corrected chi connectivity index (χ1v) is 7.27. The molecule has 1 aromatic carbocycles. The number of hydrogen-bond donors (Lipinski definition) is 0. The molecule has 0 spiro atoms. The average Bonchev–Trinajstić information content (AvgIpc) is 3.13. The fourth-order valence-corrected chi connectivity index (χ4v) is 2.84. The van der Waals surface area contributed by atoms with E-state index >= 15 is 0 Å². The number of hydrogen-bond acceptors (Lipinski definition) is 2. The van der Waals surface area contributed by atoms with E-state index in [0.717, 1.165) is 25.2 Å². The molecular weight excluding hydrogens is 222 g/mol. The van der Waals surface area contributed by atoms with Gasteiger partial charge in [-0.2, -0.15) is 0 Å². The van der Waals surface area contributed by atoms with E-state index in [2.05, 4.69) is 35.2 Å². The first-order valence-electron chi connectivity index (χ1n) is 7.27. The second-order valence-corrected chi connectivity index (χ2v) is 5.69. The SMILES string of the molecule is c1ccc(CCN(CC2CCOC2)C2CC2)cc1. The zero-order valence-electron chi connectivity index (χ0n) is 11.1. The van der Waals surface area contributed by atoms with Gasteiger partial charge in [0.1, 0.15) is 0 Å². The lowest BCUT2D eigenvalue weighted by Crippen LogP contribution is -2.33. The van der Waals surface area contributed by atoms with Gasteiger partial charge < -0.3 is 4.74 Å². The third kappa shape index (κ3) is 3.33. The largest absolute Gasteiger partial charge is 0.381 e. The molecule has 1 aromatic rings. The maximum atomic E-state index is 5.49. The van der Waals surface area contributed by atoms with E-state index in [0.29, 0.717) is 0 Å². The highest BCUT2D eigenvalue weighted by molar-refractivity contribution is 5.15. The molecule has 0 bridgehead atoms. The van der Waals surface area contributed by atoms with Crippen molar-refractivity contribution in [2.45, 2.75) is 31.7 Å². The molecule has 0 N–H and O–H groups in total. The Morgan fingerprint density at radius 1 is 1.11 bits per heavy atom. The highest BCUT2D eigenvalue weighted by atomic mass is 16.5. The molecule has 2 fully saturated rings. The molecular formula is C16H23NO. The van der Waals surface area contributed by atoms with Crippen molar-refractivity contribution in [2.75, 3.05) is 26.3 Å². The van der Waals surface area contributed by atoms with Crippen LogP contribution in [0.25, 0.3) is 0 Å². The Kier molecular flexibility index (Phi) is 3.96. The minimum Gasteiger partial charge on any atom is -0.381 e. The molecule has 1 saturated heterocycles. The molecule has 1 unspecified atom stereocenters. The van der Waals surface area contributed by atoms with Gasteiger partial charge in [0.05, 0.1) is 6.61 Å². The first-order chi connectivity index (χ1) is 8.92. The van der Waals surface area contributed by atoms with Gasteiger partial charge in [-0.05, 0) is 37.2 Å². The Bertz CT molecular complexity index is 355. The minimum atomic E-state index is 0.779. The van der Waals surface area contributed by atoms with Crippen LogP contribution in [0.1, 0.15) is 24.8 Å². The number of benzene rings is 1. The third-order valence-electron chi connectivity index (χ3n) is 4.11. The van der Waals surface area contributed by atoms with Crippen molar-refractivity contribution in [1.29, 1.82) is 0 Å². The molecule has 2 heteroatoms. The summed E-state index contributed by atoms with van der Waals surface area (Å²) in [5.41, 5.74) is 1.46. The van der Waals surface area contributed by atoms with Gasteiger partial charge in [-0.25, -0.2) is 0 Å². The lowest BCUT2D eigenvalue weighted by Gasteiger charge is -2.24. The summed E-state index contributed by atoms with van der Waals surface area (Å²) in [5, 5.41) is 0. The number of nitrogens with zero attached hydrogens (tertiary/aromatic N) is 1. The maximum Gasteiger partial charge on any atom is 0.0507 e. The van der Waals surface area contributed by atoms with Crippen molar-refractivity contribution < 1.29 is 4.74 Å². The summed E-state index contributed by atoms with van der Waals surface area (Å²) in [7, 11) is 0. The lowest BCUT2D eigenvalue weighted by molar-refractivity contribution is 0.164. The van der Waals surface area contributed by atoms with Crippen molar-refractivity contribution in [3.05, 3.63) is 35.9 Å². The molecule has 98 valence electrons. The topological polar surface area (TPSA) is 12.5 Å². The van der Waals surface area contributed by atoms with Crippen LogP contribution in [0.5, 0.6) is 0 Å². The molecule has 3 rings (SSSR count). The van der Waals surface area contributed by atoms with E-state index in [1.165, 1.54) is 44.3 Å². The van der Waals surface area contributed by atoms with E-state index in [1.807, 2.05) is 0 Å². The lowest BCUT2D eigenvalue weighted by atomic mass is 10.1. The minimum absolute atomic E-state index is 0.779. The van der Waals surface area contributed by atoms with Crippen molar-refractivity contribution in [2.24, 2.45) is 5.92 Å². The molecule has 1 saturated carbocycles. The van der Waals surface area contributed by atoms with Crippen LogP contribution in [0.15, 0.2) is 30.3 Å². The van der Waals surface area contributed by atoms with Crippen LogP contribution in [-0.2, 0) is 11.2 Å². The van der Waals surface area contributed by atoms with Gasteiger partial charge >= 0.3 is 0 Å². The van der Waals surface area contributed by atoms with Gasteiger partial charge in [-0.3, -0.25) is 4.90 Å². The van der Waals surface area contributed by atoms with E-state index in [1.54, 1.807) is 0 Å². The van der Waals surface area contributed by atoms with Crippen LogP contribution in [0.2, 0.25) is 0 Å². The monoisotopic (exact) mass is 245 g/mol. The molecule has 0 aromatic heterocycles. The van der Waals surface area contributed by atoms with Gasteiger partial charge in [-0.15, -0.1) is 0 Å². The van der Waals surface area contributed by atoms with E-state index < -0.39 is 0 Å². The van der Waals surface area contributed by atoms with Crippen LogP contribution in [0.3, 0.4) is 0 Å². The highest BCUT2D eigenvalue weighted by Gasteiger charge is 2.31. The quantitative estimate of drug-likeness (QED) is 0.764. The fourth-order valence-electron chi connectivity index (χ4n) is 2.84. The maximum absolute atomic E-state index is 5.49. The van der Waals surface area contributed by atoms with Crippen molar-refractivity contribution in [3.63, 3.8) is 0 Å². The Balaban J connectivity index is 1.50. The standard InChI is InChI=1S/C16H23NO/c1-2-4-14(5-3-1)8-10-17(16-6-7-16)12-15-9-11-18-13-15/h1-5,15-16H,6-13H2. The predicted octanol–water partition coefficient (Wildman–Crippen LogP) is 2.73. The molecule has 18 heavy (non-hydrogen) atoms. The summed E-state index contributed by atoms with van der Waals surface area (Å²) < 4.78 is 5.49. The zero-order valence-corrected chi connectivity index (χ0v) is 11.1. The van der Waals surface area contributed by atoms with Crippen LogP contribution in [-0.4, -0.2) is 37.2 Å². The smallest absolute Gasteiger partial charge is 0.0507 e. The molecule has 1 aliphatic heterocycles. The molecule has 1 atom stereocenters. The summed E-state index contributed by atoms with van der Waals surface area (Å²) in [4.78, 5) is 2.70. The van der Waals surface area contributed by atoms with Crippen molar-refractivity contribution in [3.8, 4) is 0 Å². The van der Waals surface area contributed by atoms with E-state index in [9.17, 15) is 0 Å². The predicted molar refractivity (Wildman–Crippen MR) is 73.7 cm³/mol. The van der Waals surface area contributed by atoms with Crippen LogP contribution in [0, 0.1) is 5.92 Å². The van der Waals surface area contributed by atoms with Gasteiger partial charge in [0.25, 0.3) is 0 Å². The molecule has 0 radical (unpaired) electrons. The first kappa shape index (κ1) is 12.2. The van der Waals surface area contributed by atoms with Crippen LogP contribution in [0.4, 0.5) is 0 Å². The average molecular weight is 245 g/mol. The third-order valence-corrected chi connectivity index (χ3v) is 4.11. The summed E-state index contributed by atoms with van der Waals surface area (Å²) in [6.07, 6.45) is 5.25. The van der Waals surface area contributed by atoms with Crippen LogP contribution < -0.4 is 0 Å². The molecule has 1 aliphatic carbocycles. The highest BCUT2D eigenvalue weighted by Crippen LogP contribution is 2.29. The second kappa shape index (κ2) is 5.85. The van der Waals surface area contributed by atoms with Gasteiger partial charge in [0.2, 0.25) is 0 Å². The summed E-state index contributed by atoms with van der Waals surface area (Å²) in [5.74, 6) is 0.779. The van der Waals surface area contributed by atoms with E-state index in [4.69, 9.17) is 4.74 Å². The summed E-state index contributed by atoms with van der Waals surface area (Å²) in [6, 6.07) is 11.7. The molecule has 2 aliphatic rings. The molecule has 2 nitrogen and oxygen atoms in total. The van der Waals surface area contributed by atoms with Crippen LogP contribution >= 0.6 is 0 Å².